The lowest BCUT2D eigenvalue weighted by Crippen LogP contribution is -2.50. The average Bonchev–Trinajstić information content (AvgIpc) is 2.65. The molecule has 28 heavy (non-hydrogen) atoms. The number of ether oxygens (including phenoxy) is 2. The Hall–Kier alpha value is -1.88. The number of carbonyl (C=O) groups excluding carboxylic acids is 2. The molecule has 3 atom stereocenters. The summed E-state index contributed by atoms with van der Waals surface area (Å²) in [6, 6.07) is 4.08. The number of primary amides is 1. The second-order valence-corrected chi connectivity index (χ2v) is 9.05. The zero-order valence-electron chi connectivity index (χ0n) is 17.6. The van der Waals surface area contributed by atoms with Gasteiger partial charge in [-0.2, -0.15) is 0 Å². The van der Waals surface area contributed by atoms with Crippen molar-refractivity contribution in [1.29, 1.82) is 0 Å². The lowest BCUT2D eigenvalue weighted by atomic mass is 9.50. The molecule has 1 aromatic carbocycles. The molecular formula is C23H33NO4. The van der Waals surface area contributed by atoms with E-state index in [-0.39, 0.29) is 29.5 Å². The molecule has 2 aliphatic rings. The molecule has 0 unspecified atom stereocenters. The molecule has 1 fully saturated rings. The summed E-state index contributed by atoms with van der Waals surface area (Å²) in [5.74, 6) is 0.607. The number of Topliss-reactive ketones (excluding diaryl/α,β-unsaturated/α-hetero) is 1. The minimum atomic E-state index is -0.458. The fourth-order valence-electron chi connectivity index (χ4n) is 5.89. The Morgan fingerprint density at radius 3 is 2.57 bits per heavy atom. The number of nitrogens with two attached hydrogens (primary N) is 1. The van der Waals surface area contributed by atoms with Gasteiger partial charge in [0, 0.05) is 20.0 Å². The van der Waals surface area contributed by atoms with Crippen LogP contribution in [0.5, 0.6) is 5.75 Å². The number of carbonyl (C=O) groups is 2. The van der Waals surface area contributed by atoms with Crippen molar-refractivity contribution in [2.75, 3.05) is 20.8 Å². The molecule has 0 spiro atoms. The highest BCUT2D eigenvalue weighted by atomic mass is 16.5. The van der Waals surface area contributed by atoms with E-state index in [1.54, 1.807) is 14.2 Å². The Morgan fingerprint density at radius 2 is 1.93 bits per heavy atom. The summed E-state index contributed by atoms with van der Waals surface area (Å²) in [7, 11) is 3.39. The van der Waals surface area contributed by atoms with Gasteiger partial charge in [-0.3, -0.25) is 9.59 Å². The maximum Gasteiger partial charge on any atom is 0.217 e. The van der Waals surface area contributed by atoms with Gasteiger partial charge in [-0.15, -0.1) is 0 Å². The lowest BCUT2D eigenvalue weighted by Gasteiger charge is -2.55. The number of methoxy groups -OCH3 is 2. The molecule has 0 aromatic heterocycles. The van der Waals surface area contributed by atoms with Crippen LogP contribution in [0.4, 0.5) is 0 Å². The van der Waals surface area contributed by atoms with Crippen molar-refractivity contribution in [3.8, 4) is 5.75 Å². The maximum absolute atomic E-state index is 12.7. The quantitative estimate of drug-likeness (QED) is 0.722. The third-order valence-electron chi connectivity index (χ3n) is 7.17. The van der Waals surface area contributed by atoms with E-state index in [1.165, 1.54) is 24.0 Å². The number of aryl methyl sites for hydroxylation is 1. The van der Waals surface area contributed by atoms with Crippen molar-refractivity contribution in [3.63, 3.8) is 0 Å². The van der Waals surface area contributed by atoms with Crippen LogP contribution < -0.4 is 10.5 Å². The van der Waals surface area contributed by atoms with Crippen molar-refractivity contribution >= 4 is 11.7 Å². The van der Waals surface area contributed by atoms with Crippen molar-refractivity contribution in [3.05, 3.63) is 28.8 Å². The fourth-order valence-corrected chi connectivity index (χ4v) is 5.89. The van der Waals surface area contributed by atoms with Crippen LogP contribution in [-0.2, 0) is 21.4 Å². The van der Waals surface area contributed by atoms with Gasteiger partial charge in [-0.25, -0.2) is 0 Å². The Morgan fingerprint density at radius 1 is 1.18 bits per heavy atom. The number of hydrogen-bond donors (Lipinski definition) is 1. The first-order chi connectivity index (χ1) is 13.2. The normalized spacial score (nSPS) is 28.9. The summed E-state index contributed by atoms with van der Waals surface area (Å²) < 4.78 is 11.2. The van der Waals surface area contributed by atoms with Crippen molar-refractivity contribution in [2.45, 2.75) is 64.2 Å². The fraction of sp³-hybridized carbons (Fsp3) is 0.652. The van der Waals surface area contributed by atoms with Gasteiger partial charge >= 0.3 is 0 Å². The molecule has 2 aliphatic carbocycles. The molecule has 3 rings (SSSR count). The van der Waals surface area contributed by atoms with Gasteiger partial charge < -0.3 is 15.2 Å². The van der Waals surface area contributed by atoms with E-state index < -0.39 is 5.91 Å². The summed E-state index contributed by atoms with van der Waals surface area (Å²) >= 11 is 0. The van der Waals surface area contributed by atoms with Crippen LogP contribution in [0.15, 0.2) is 12.1 Å². The summed E-state index contributed by atoms with van der Waals surface area (Å²) in [5.41, 5.74) is 8.56. The van der Waals surface area contributed by atoms with Crippen LogP contribution in [0.2, 0.25) is 0 Å². The molecule has 1 aromatic rings. The maximum atomic E-state index is 12.7. The molecule has 5 nitrogen and oxygen atoms in total. The zero-order chi connectivity index (χ0) is 20.5. The summed E-state index contributed by atoms with van der Waals surface area (Å²) in [6.45, 7) is 5.52. The van der Waals surface area contributed by atoms with Crippen LogP contribution in [0.1, 0.15) is 73.9 Å². The highest BCUT2D eigenvalue weighted by Gasteiger charge is 2.52. The zero-order valence-corrected chi connectivity index (χ0v) is 17.6. The van der Waals surface area contributed by atoms with E-state index in [0.29, 0.717) is 17.2 Å². The van der Waals surface area contributed by atoms with E-state index in [1.807, 2.05) is 6.07 Å². The molecule has 0 aliphatic heterocycles. The minimum Gasteiger partial charge on any atom is -0.496 e. The van der Waals surface area contributed by atoms with Gasteiger partial charge in [0.05, 0.1) is 19.3 Å². The molecule has 0 heterocycles. The number of rotatable bonds is 7. The molecule has 2 N–H and O–H groups in total. The van der Waals surface area contributed by atoms with E-state index in [9.17, 15) is 9.59 Å². The first-order valence-corrected chi connectivity index (χ1v) is 10.3. The number of ketones is 1. The van der Waals surface area contributed by atoms with E-state index >= 15 is 0 Å². The summed E-state index contributed by atoms with van der Waals surface area (Å²) in [5, 5.41) is 0. The Bertz CT molecular complexity index is 770. The molecule has 1 saturated carbocycles. The first-order valence-electron chi connectivity index (χ1n) is 10.3. The number of hydrogen-bond acceptors (Lipinski definition) is 4. The van der Waals surface area contributed by atoms with Crippen molar-refractivity contribution in [1.82, 2.24) is 0 Å². The number of benzene rings is 1. The van der Waals surface area contributed by atoms with Gasteiger partial charge in [0.2, 0.25) is 5.91 Å². The monoisotopic (exact) mass is 387 g/mol. The molecule has 0 saturated heterocycles. The van der Waals surface area contributed by atoms with Crippen LogP contribution in [0.3, 0.4) is 0 Å². The highest BCUT2D eigenvalue weighted by molar-refractivity contribution is 6.00. The van der Waals surface area contributed by atoms with E-state index in [2.05, 4.69) is 19.9 Å². The topological polar surface area (TPSA) is 78.6 Å². The Labute approximate surface area is 168 Å². The van der Waals surface area contributed by atoms with Gasteiger partial charge in [0.15, 0.2) is 5.78 Å². The summed E-state index contributed by atoms with van der Waals surface area (Å²) in [4.78, 5) is 23.7. The molecule has 154 valence electrons. The number of fused-ring (bicyclic) bond motifs is 3. The SMILES string of the molecule is COC[C@@]1(C)CCC[C@]2(C)c3cc(OC)c(C(=O)CCC(N)=O)cc3CC[C@@H]12. The van der Waals surface area contributed by atoms with Crippen LogP contribution in [-0.4, -0.2) is 32.5 Å². The van der Waals surface area contributed by atoms with Crippen LogP contribution in [0.25, 0.3) is 0 Å². The smallest absolute Gasteiger partial charge is 0.217 e. The van der Waals surface area contributed by atoms with Gasteiger partial charge in [-0.05, 0) is 65.7 Å². The van der Waals surface area contributed by atoms with Crippen molar-refractivity contribution in [2.24, 2.45) is 17.1 Å². The molecule has 0 bridgehead atoms. The van der Waals surface area contributed by atoms with Gasteiger partial charge in [-0.1, -0.05) is 20.3 Å². The van der Waals surface area contributed by atoms with Gasteiger partial charge in [0.1, 0.15) is 5.75 Å². The Kier molecular flexibility index (Phi) is 5.85. The first kappa shape index (κ1) is 20.8. The standard InChI is InChI=1S/C23H33NO4/c1-22(14-27-3)10-5-11-23(2)17-13-19(28-4)16(18(25)7-9-21(24)26)12-15(17)6-8-20(22)23/h12-13,20H,5-11,14H2,1-4H3,(H2,24,26)/t20-,22+,23+/m0/s1. The summed E-state index contributed by atoms with van der Waals surface area (Å²) in [6.07, 6.45) is 5.75. The average molecular weight is 388 g/mol. The molecular weight excluding hydrogens is 354 g/mol. The van der Waals surface area contributed by atoms with Gasteiger partial charge in [0.25, 0.3) is 0 Å². The molecule has 1 amide bonds. The molecule has 0 radical (unpaired) electrons. The van der Waals surface area contributed by atoms with Crippen molar-refractivity contribution < 1.29 is 19.1 Å². The van der Waals surface area contributed by atoms with E-state index in [0.717, 1.165) is 25.9 Å². The second-order valence-electron chi connectivity index (χ2n) is 9.05. The van der Waals surface area contributed by atoms with Crippen LogP contribution in [0, 0.1) is 11.3 Å². The lowest BCUT2D eigenvalue weighted by molar-refractivity contribution is -0.118. The molecule has 5 heteroatoms. The number of amides is 1. The largest absolute Gasteiger partial charge is 0.496 e. The third-order valence-corrected chi connectivity index (χ3v) is 7.17. The predicted octanol–water partition coefficient (Wildman–Crippen LogP) is 3.80. The second kappa shape index (κ2) is 7.86. The highest BCUT2D eigenvalue weighted by Crippen LogP contribution is 2.57. The van der Waals surface area contributed by atoms with E-state index in [4.69, 9.17) is 15.2 Å². The Balaban J connectivity index is 2.00. The predicted molar refractivity (Wildman–Crippen MR) is 109 cm³/mol. The van der Waals surface area contributed by atoms with Crippen LogP contribution >= 0.6 is 0 Å². The third kappa shape index (κ3) is 3.57. The minimum absolute atomic E-state index is 0.0567.